The molecule has 0 saturated heterocycles. The smallest absolute Gasteiger partial charge is 0.218 e. The number of aromatic nitrogens is 1. The van der Waals surface area contributed by atoms with Gasteiger partial charge in [0.25, 0.3) is 0 Å². The van der Waals surface area contributed by atoms with Gasteiger partial charge in [-0.05, 0) is 12.2 Å². The molecule has 0 aliphatic heterocycles. The van der Waals surface area contributed by atoms with Crippen LogP contribution in [0, 0.1) is 0 Å². The molecule has 0 bridgehead atoms. The fourth-order valence-corrected chi connectivity index (χ4v) is 1.60. The lowest BCUT2D eigenvalue weighted by molar-refractivity contribution is -0.254. The largest absolute Gasteiger partial charge is 0.545 e. The number of rotatable bonds is 2. The van der Waals surface area contributed by atoms with Crippen molar-refractivity contribution in [3.05, 3.63) is 23.8 Å². The van der Waals surface area contributed by atoms with Gasteiger partial charge in [-0.2, -0.15) is 0 Å². The van der Waals surface area contributed by atoms with Crippen LogP contribution in [0.4, 0.5) is 5.69 Å². The third-order valence-corrected chi connectivity index (χ3v) is 2.34. The number of carboxylic acids is 1. The van der Waals surface area contributed by atoms with Crippen molar-refractivity contribution in [1.29, 1.82) is 0 Å². The number of nitrogens with two attached hydrogens (primary N) is 1. The van der Waals surface area contributed by atoms with E-state index in [1.54, 1.807) is 6.07 Å². The number of para-hydroxylation sites is 1. The highest BCUT2D eigenvalue weighted by Gasteiger charge is 2.13. The molecule has 1 heterocycles. The molecule has 0 unspecified atom stereocenters. The monoisotopic (exact) mass is 263 g/mol. The summed E-state index contributed by atoms with van der Waals surface area (Å²) < 4.78 is 0. The summed E-state index contributed by atoms with van der Waals surface area (Å²) in [7, 11) is 0. The first-order valence-corrected chi connectivity index (χ1v) is 5.17. The lowest BCUT2D eigenvalue weighted by atomic mass is 10.1. The lowest BCUT2D eigenvalue weighted by Gasteiger charge is -2.02. The van der Waals surface area contributed by atoms with Crippen LogP contribution in [0.15, 0.2) is 28.4 Å². The van der Waals surface area contributed by atoms with Gasteiger partial charge < -0.3 is 25.7 Å². The Balaban J connectivity index is 2.69. The van der Waals surface area contributed by atoms with Gasteiger partial charge in [0.15, 0.2) is 5.69 Å². The van der Waals surface area contributed by atoms with E-state index in [2.05, 4.69) is 27.4 Å². The Labute approximate surface area is 106 Å². The van der Waals surface area contributed by atoms with E-state index in [1.165, 1.54) is 12.1 Å². The number of azo groups is 1. The van der Waals surface area contributed by atoms with Crippen molar-refractivity contribution >= 4 is 39.9 Å². The van der Waals surface area contributed by atoms with Crippen molar-refractivity contribution in [1.82, 2.24) is 4.98 Å². The molecule has 2 aromatic rings. The highest BCUT2D eigenvalue weighted by atomic mass is 32.1. The third kappa shape index (κ3) is 2.00. The summed E-state index contributed by atoms with van der Waals surface area (Å²) in [6.45, 7) is 0. The van der Waals surface area contributed by atoms with Crippen molar-refractivity contribution in [3.63, 3.8) is 0 Å². The van der Waals surface area contributed by atoms with Crippen LogP contribution in [-0.4, -0.2) is 21.2 Å². The Morgan fingerprint density at radius 1 is 1.50 bits per heavy atom. The van der Waals surface area contributed by atoms with Gasteiger partial charge in [-0.25, -0.2) is 0 Å². The maximum absolute atomic E-state index is 10.9. The van der Waals surface area contributed by atoms with Crippen LogP contribution in [0.1, 0.15) is 10.4 Å². The van der Waals surface area contributed by atoms with E-state index in [0.717, 1.165) is 0 Å². The molecule has 0 radical (unpaired) electrons. The first kappa shape index (κ1) is 12.0. The molecule has 8 heteroatoms. The summed E-state index contributed by atoms with van der Waals surface area (Å²) in [5.74, 6) is -1.68. The zero-order valence-electron chi connectivity index (χ0n) is 8.88. The van der Waals surface area contributed by atoms with Gasteiger partial charge in [-0.1, -0.05) is 18.2 Å². The number of aromatic amines is 1. The number of carbonyl (C=O) groups excluding carboxylic acids is 1. The molecule has 0 amide bonds. The number of nitrogens with one attached hydrogen (secondary N) is 1. The number of aromatic hydroxyl groups is 1. The van der Waals surface area contributed by atoms with Crippen LogP contribution < -0.4 is 10.8 Å². The van der Waals surface area contributed by atoms with E-state index in [1.807, 2.05) is 0 Å². The number of fused-ring (bicyclic) bond motifs is 1. The molecule has 2 rings (SSSR count). The summed E-state index contributed by atoms with van der Waals surface area (Å²) in [6, 6.07) is 4.43. The highest BCUT2D eigenvalue weighted by Crippen LogP contribution is 2.36. The minimum atomic E-state index is -1.36. The number of thiocarbonyl (C=S) groups is 1. The van der Waals surface area contributed by atoms with Gasteiger partial charge in [0.1, 0.15) is 0 Å². The number of hydrogen-bond acceptors (Lipinski definition) is 5. The number of nitrogens with zero attached hydrogens (tertiary/aromatic N) is 2. The van der Waals surface area contributed by atoms with Gasteiger partial charge in [0, 0.05) is 10.9 Å². The Morgan fingerprint density at radius 3 is 2.83 bits per heavy atom. The molecule has 0 saturated carbocycles. The Morgan fingerprint density at radius 2 is 2.22 bits per heavy atom. The summed E-state index contributed by atoms with van der Waals surface area (Å²) in [5, 5.41) is 27.8. The number of carboxylic acid groups (broad SMARTS) is 1. The fraction of sp³-hybridized carbons (Fsp3) is 0. The van der Waals surface area contributed by atoms with E-state index < -0.39 is 5.97 Å². The van der Waals surface area contributed by atoms with E-state index in [-0.39, 0.29) is 27.8 Å². The fourth-order valence-electron chi connectivity index (χ4n) is 1.56. The Hall–Kier alpha value is -2.48. The number of aromatic carboxylic acids is 1. The van der Waals surface area contributed by atoms with Crippen molar-refractivity contribution in [2.24, 2.45) is 16.0 Å². The molecule has 0 atom stereocenters. The van der Waals surface area contributed by atoms with Gasteiger partial charge in [0.05, 0.1) is 11.5 Å². The summed E-state index contributed by atoms with van der Waals surface area (Å²) in [5.41, 5.74) is 5.34. The third-order valence-electron chi connectivity index (χ3n) is 2.26. The second-order valence-corrected chi connectivity index (χ2v) is 3.79. The van der Waals surface area contributed by atoms with Crippen molar-refractivity contribution < 1.29 is 15.0 Å². The summed E-state index contributed by atoms with van der Waals surface area (Å²) >= 11 is 4.52. The number of benzene rings is 1. The van der Waals surface area contributed by atoms with Crippen molar-refractivity contribution in [2.45, 2.75) is 0 Å². The predicted molar refractivity (Wildman–Crippen MR) is 65.6 cm³/mol. The van der Waals surface area contributed by atoms with E-state index in [9.17, 15) is 15.0 Å². The van der Waals surface area contributed by atoms with Crippen molar-refractivity contribution in [2.75, 3.05) is 0 Å². The van der Waals surface area contributed by atoms with E-state index in [0.29, 0.717) is 5.39 Å². The molecular weight excluding hydrogens is 256 g/mol. The Bertz CT molecular complexity index is 677. The summed E-state index contributed by atoms with van der Waals surface area (Å²) in [4.78, 5) is 13.4. The molecule has 0 spiro atoms. The lowest BCUT2D eigenvalue weighted by Crippen LogP contribution is -2.22. The normalized spacial score (nSPS) is 11.1. The predicted octanol–water partition coefficient (Wildman–Crippen LogP) is 0.564. The highest BCUT2D eigenvalue weighted by molar-refractivity contribution is 7.80. The van der Waals surface area contributed by atoms with Crippen LogP contribution in [0.3, 0.4) is 0 Å². The second-order valence-electron chi connectivity index (χ2n) is 3.38. The molecule has 1 aromatic heterocycles. The first-order valence-electron chi connectivity index (χ1n) is 4.77. The zero-order chi connectivity index (χ0) is 13.3. The van der Waals surface area contributed by atoms with Crippen LogP contribution in [-0.2, 0) is 0 Å². The molecule has 0 aliphatic rings. The Kier molecular flexibility index (Phi) is 2.94. The number of hydrogen-bond donors (Lipinski definition) is 3. The number of H-pyrrole nitrogens is 1. The molecule has 0 fully saturated rings. The van der Waals surface area contributed by atoms with Crippen LogP contribution >= 0.6 is 12.2 Å². The molecule has 0 aliphatic carbocycles. The SMILES string of the molecule is NC(=S)N=Nc1c(O)[nH]c2c(C(=O)[O-])cccc12. The van der Waals surface area contributed by atoms with Gasteiger partial charge in [-0.15, -0.1) is 10.2 Å². The first-order chi connectivity index (χ1) is 8.50. The van der Waals surface area contributed by atoms with Gasteiger partial charge >= 0.3 is 0 Å². The maximum atomic E-state index is 10.9. The van der Waals surface area contributed by atoms with E-state index in [4.69, 9.17) is 5.73 Å². The van der Waals surface area contributed by atoms with E-state index >= 15 is 0 Å². The number of carbonyl (C=O) groups is 1. The second kappa shape index (κ2) is 4.41. The molecule has 4 N–H and O–H groups in total. The van der Waals surface area contributed by atoms with Crippen LogP contribution in [0.25, 0.3) is 10.9 Å². The average Bonchev–Trinajstić information content (AvgIpc) is 2.61. The molecule has 92 valence electrons. The molecule has 1 aromatic carbocycles. The maximum Gasteiger partial charge on any atom is 0.218 e. The van der Waals surface area contributed by atoms with Crippen LogP contribution in [0.5, 0.6) is 5.88 Å². The zero-order valence-corrected chi connectivity index (χ0v) is 9.69. The minimum absolute atomic E-state index is 0.0703. The van der Waals surface area contributed by atoms with Crippen LogP contribution in [0.2, 0.25) is 0 Å². The van der Waals surface area contributed by atoms with Gasteiger partial charge in [0.2, 0.25) is 11.0 Å². The molecular formula is C10H7N4O3S-. The standard InChI is InChI=1S/C10H8N4O3S/c11-10(18)14-13-7-4-2-1-3-5(9(16)17)6(4)12-8(7)15/h1-3,12,15H,(H2,11,18)(H,16,17)/p-1. The van der Waals surface area contributed by atoms with Gasteiger partial charge in [-0.3, -0.25) is 0 Å². The quantitative estimate of drug-likeness (QED) is 0.539. The minimum Gasteiger partial charge on any atom is -0.545 e. The summed E-state index contributed by atoms with van der Waals surface area (Å²) in [6.07, 6.45) is 0. The molecule has 7 nitrogen and oxygen atoms in total. The molecule has 18 heavy (non-hydrogen) atoms. The van der Waals surface area contributed by atoms with Crippen molar-refractivity contribution in [3.8, 4) is 5.88 Å². The topological polar surface area (TPSA) is 127 Å². The average molecular weight is 263 g/mol.